The molecule has 4 fully saturated rings. The van der Waals surface area contributed by atoms with Crippen LogP contribution in [0, 0.1) is 28.6 Å². The molecule has 0 unspecified atom stereocenters. The highest BCUT2D eigenvalue weighted by atomic mass is 16.4. The number of fused-ring (bicyclic) bond motifs is 5. The van der Waals surface area contributed by atoms with E-state index in [0.717, 1.165) is 0 Å². The van der Waals surface area contributed by atoms with E-state index in [1.165, 1.54) is 0 Å². The van der Waals surface area contributed by atoms with Gasteiger partial charge in [-0.05, 0) is 63.2 Å². The molecular formula is C20H32O6. The highest BCUT2D eigenvalue weighted by Gasteiger charge is 2.71. The Morgan fingerprint density at radius 2 is 1.69 bits per heavy atom. The number of aliphatic hydroxyl groups excluding tert-OH is 2. The number of carbonyl (C=O) groups is 1. The Morgan fingerprint density at radius 3 is 2.35 bits per heavy atom. The van der Waals surface area contributed by atoms with Crippen LogP contribution in [0.3, 0.4) is 0 Å². The topological polar surface area (TPSA) is 118 Å². The summed E-state index contributed by atoms with van der Waals surface area (Å²) in [6, 6.07) is 0. The van der Waals surface area contributed by atoms with Crippen molar-refractivity contribution in [3.63, 3.8) is 0 Å². The number of carboxylic acid groups (broad SMARTS) is 1. The second-order valence-corrected chi connectivity index (χ2v) is 9.80. The first-order valence-corrected chi connectivity index (χ1v) is 10.1. The number of carboxylic acids is 1. The smallest absolute Gasteiger partial charge is 0.307 e. The minimum Gasteiger partial charge on any atom is -0.481 e. The standard InChI is InChI=1S/C20H32O6/c1-17-6-3-13-14(20(17,26)9-5-15(17)16(23)24)4-8-19(25)10-12(22)2-7-18(13,19)11-21/h12-15,21-22,25-26H,2-11H2,1H3,(H,23,24)/t12-,13+,14-,15-,17+,18-,19+,20-/m0/s1. The van der Waals surface area contributed by atoms with E-state index in [4.69, 9.17) is 0 Å². The van der Waals surface area contributed by atoms with Gasteiger partial charge in [0.05, 0.1) is 29.8 Å². The molecule has 0 spiro atoms. The van der Waals surface area contributed by atoms with Crippen LogP contribution < -0.4 is 0 Å². The average molecular weight is 368 g/mol. The molecule has 4 rings (SSSR count). The lowest BCUT2D eigenvalue weighted by Gasteiger charge is -2.66. The zero-order valence-electron chi connectivity index (χ0n) is 15.5. The fourth-order valence-electron chi connectivity index (χ4n) is 7.73. The van der Waals surface area contributed by atoms with Gasteiger partial charge in [0.15, 0.2) is 0 Å². The predicted octanol–water partition coefficient (Wildman–Crippen LogP) is 1.29. The maximum absolute atomic E-state index is 11.8. The van der Waals surface area contributed by atoms with E-state index in [2.05, 4.69) is 0 Å². The van der Waals surface area contributed by atoms with E-state index in [-0.39, 0.29) is 24.9 Å². The van der Waals surface area contributed by atoms with Crippen LogP contribution in [-0.2, 0) is 4.79 Å². The maximum Gasteiger partial charge on any atom is 0.307 e. The van der Waals surface area contributed by atoms with Gasteiger partial charge >= 0.3 is 5.97 Å². The van der Waals surface area contributed by atoms with E-state index in [1.807, 2.05) is 6.92 Å². The predicted molar refractivity (Wildman–Crippen MR) is 93.2 cm³/mol. The molecule has 4 saturated carbocycles. The molecule has 8 atom stereocenters. The van der Waals surface area contributed by atoms with Gasteiger partial charge in [-0.15, -0.1) is 0 Å². The summed E-state index contributed by atoms with van der Waals surface area (Å²) >= 11 is 0. The Balaban J connectivity index is 1.74. The molecule has 0 saturated heterocycles. The summed E-state index contributed by atoms with van der Waals surface area (Å²) in [5, 5.41) is 53.3. The van der Waals surface area contributed by atoms with Gasteiger partial charge in [0.1, 0.15) is 0 Å². The van der Waals surface area contributed by atoms with Crippen LogP contribution >= 0.6 is 0 Å². The summed E-state index contributed by atoms with van der Waals surface area (Å²) in [6.45, 7) is 1.78. The van der Waals surface area contributed by atoms with Crippen LogP contribution in [0.15, 0.2) is 0 Å². The molecule has 0 aliphatic heterocycles. The molecule has 0 radical (unpaired) electrons. The second-order valence-electron chi connectivity index (χ2n) is 9.80. The summed E-state index contributed by atoms with van der Waals surface area (Å²) in [5.74, 6) is -1.50. The van der Waals surface area contributed by atoms with Gasteiger partial charge in [0, 0.05) is 17.3 Å². The molecule has 4 aliphatic carbocycles. The second kappa shape index (κ2) is 5.66. The molecule has 0 bridgehead atoms. The molecule has 5 N–H and O–H groups in total. The van der Waals surface area contributed by atoms with Crippen molar-refractivity contribution in [3.05, 3.63) is 0 Å². The lowest BCUT2D eigenvalue weighted by atomic mass is 9.41. The first-order chi connectivity index (χ1) is 12.1. The van der Waals surface area contributed by atoms with Crippen molar-refractivity contribution in [3.8, 4) is 0 Å². The van der Waals surface area contributed by atoms with Crippen LogP contribution in [-0.4, -0.2) is 55.4 Å². The van der Waals surface area contributed by atoms with Gasteiger partial charge in [0.25, 0.3) is 0 Å². The molecule has 0 aromatic carbocycles. The molecule has 6 nitrogen and oxygen atoms in total. The zero-order chi connectivity index (χ0) is 19.0. The van der Waals surface area contributed by atoms with Crippen molar-refractivity contribution in [1.29, 1.82) is 0 Å². The number of aliphatic carboxylic acids is 1. The summed E-state index contributed by atoms with van der Waals surface area (Å²) in [7, 11) is 0. The average Bonchev–Trinajstić information content (AvgIpc) is 2.85. The largest absolute Gasteiger partial charge is 0.481 e. The molecule has 0 amide bonds. The molecular weight excluding hydrogens is 336 g/mol. The van der Waals surface area contributed by atoms with Crippen molar-refractivity contribution in [2.24, 2.45) is 28.6 Å². The summed E-state index contributed by atoms with van der Waals surface area (Å²) < 4.78 is 0. The summed E-state index contributed by atoms with van der Waals surface area (Å²) in [5.41, 5.74) is -3.51. The van der Waals surface area contributed by atoms with Gasteiger partial charge in [-0.2, -0.15) is 0 Å². The van der Waals surface area contributed by atoms with E-state index in [0.29, 0.717) is 51.4 Å². The molecule has 0 aromatic heterocycles. The summed E-state index contributed by atoms with van der Waals surface area (Å²) in [4.78, 5) is 11.8. The zero-order valence-corrected chi connectivity index (χ0v) is 15.5. The van der Waals surface area contributed by atoms with Crippen molar-refractivity contribution in [1.82, 2.24) is 0 Å². The van der Waals surface area contributed by atoms with Crippen LogP contribution in [0.1, 0.15) is 64.7 Å². The third-order valence-corrected chi connectivity index (χ3v) is 9.23. The fourth-order valence-corrected chi connectivity index (χ4v) is 7.73. The van der Waals surface area contributed by atoms with Crippen molar-refractivity contribution < 1.29 is 30.3 Å². The highest BCUT2D eigenvalue weighted by molar-refractivity contribution is 5.72. The highest BCUT2D eigenvalue weighted by Crippen LogP contribution is 2.69. The SMILES string of the molecule is C[C@]12CC[C@@H]3[C@H](CC[C@@]4(O)C[C@@H](O)CC[C@]34CO)[C@@]1(O)CC[C@H]2C(=O)O. The monoisotopic (exact) mass is 368 g/mol. The lowest BCUT2D eigenvalue weighted by molar-refractivity contribution is -0.270. The Kier molecular flexibility index (Phi) is 4.06. The molecule has 4 aliphatic rings. The van der Waals surface area contributed by atoms with Gasteiger partial charge in [0.2, 0.25) is 0 Å². The number of rotatable bonds is 2. The first kappa shape index (κ1) is 18.7. The molecule has 148 valence electrons. The summed E-state index contributed by atoms with van der Waals surface area (Å²) in [6.07, 6.45) is 4.19. The quantitative estimate of drug-likeness (QED) is 0.501. The van der Waals surface area contributed by atoms with Crippen LogP contribution in [0.5, 0.6) is 0 Å². The molecule has 26 heavy (non-hydrogen) atoms. The van der Waals surface area contributed by atoms with Gasteiger partial charge in [-0.25, -0.2) is 0 Å². The van der Waals surface area contributed by atoms with Crippen LogP contribution in [0.2, 0.25) is 0 Å². The number of aliphatic hydroxyl groups is 4. The Bertz CT molecular complexity index is 609. The normalized spacial score (nSPS) is 56.3. The van der Waals surface area contributed by atoms with E-state index in [1.54, 1.807) is 0 Å². The van der Waals surface area contributed by atoms with Gasteiger partial charge in [-0.1, -0.05) is 6.92 Å². The number of hydrogen-bond donors (Lipinski definition) is 5. The van der Waals surface area contributed by atoms with Gasteiger partial charge in [-0.3, -0.25) is 4.79 Å². The number of hydrogen-bond acceptors (Lipinski definition) is 5. The van der Waals surface area contributed by atoms with Crippen LogP contribution in [0.4, 0.5) is 0 Å². The Morgan fingerprint density at radius 1 is 1.00 bits per heavy atom. The van der Waals surface area contributed by atoms with E-state index >= 15 is 0 Å². The maximum atomic E-state index is 11.8. The fraction of sp³-hybridized carbons (Fsp3) is 0.950. The van der Waals surface area contributed by atoms with Crippen molar-refractivity contribution >= 4 is 5.97 Å². The molecule has 0 aromatic rings. The minimum atomic E-state index is -1.10. The van der Waals surface area contributed by atoms with E-state index < -0.39 is 40.0 Å². The third-order valence-electron chi connectivity index (χ3n) is 9.23. The minimum absolute atomic E-state index is 0.0376. The van der Waals surface area contributed by atoms with Crippen LogP contribution in [0.25, 0.3) is 0 Å². The Hall–Kier alpha value is -0.690. The van der Waals surface area contributed by atoms with Crippen molar-refractivity contribution in [2.75, 3.05) is 6.61 Å². The first-order valence-electron chi connectivity index (χ1n) is 10.1. The Labute approximate surface area is 154 Å². The third kappa shape index (κ3) is 2.05. The van der Waals surface area contributed by atoms with Gasteiger partial charge < -0.3 is 25.5 Å². The molecule has 6 heteroatoms. The van der Waals surface area contributed by atoms with E-state index in [9.17, 15) is 30.3 Å². The molecule has 0 heterocycles. The van der Waals surface area contributed by atoms with Crippen molar-refractivity contribution in [2.45, 2.75) is 82.0 Å². The lowest BCUT2D eigenvalue weighted by Crippen LogP contribution is -2.69.